The monoisotopic (exact) mass is 453 g/mol. The van der Waals surface area contributed by atoms with E-state index in [1.165, 1.54) is 28.2 Å². The minimum absolute atomic E-state index is 0.00597. The molecule has 0 aliphatic rings. The molecule has 0 radical (unpaired) electrons. The van der Waals surface area contributed by atoms with Crippen molar-refractivity contribution in [3.05, 3.63) is 65.8 Å². The van der Waals surface area contributed by atoms with Crippen molar-refractivity contribution < 1.29 is 9.18 Å². The third-order valence-corrected chi connectivity index (χ3v) is 5.90. The van der Waals surface area contributed by atoms with E-state index in [2.05, 4.69) is 39.2 Å². The molecule has 0 atom stereocenters. The van der Waals surface area contributed by atoms with E-state index in [-0.39, 0.29) is 5.82 Å². The summed E-state index contributed by atoms with van der Waals surface area (Å²) in [7, 11) is 0. The number of thiophene rings is 1. The van der Waals surface area contributed by atoms with Crippen molar-refractivity contribution in [3.8, 4) is 16.4 Å². The molecule has 1 aromatic carbocycles. The van der Waals surface area contributed by atoms with Gasteiger partial charge in [0.25, 0.3) is 5.91 Å². The Balaban J connectivity index is 1.54. The maximum atomic E-state index is 13.8. The molecule has 3 aromatic heterocycles. The summed E-state index contributed by atoms with van der Waals surface area (Å²) in [6.45, 7) is 7.82. The van der Waals surface area contributed by atoms with Gasteiger partial charge >= 0.3 is 0 Å². The van der Waals surface area contributed by atoms with Gasteiger partial charge in [-0.25, -0.2) is 14.1 Å². The number of hydrogen-bond acceptors (Lipinski definition) is 6. The zero-order chi connectivity index (χ0) is 22.5. The number of benzene rings is 1. The second kappa shape index (κ2) is 9.84. The summed E-state index contributed by atoms with van der Waals surface area (Å²) >= 11 is 1.47. The van der Waals surface area contributed by atoms with E-state index in [1.54, 1.807) is 29.2 Å². The highest BCUT2D eigenvalue weighted by molar-refractivity contribution is 7.13. The van der Waals surface area contributed by atoms with E-state index >= 15 is 0 Å². The van der Waals surface area contributed by atoms with Crippen molar-refractivity contribution >= 4 is 22.9 Å². The number of halogens is 1. The van der Waals surface area contributed by atoms with E-state index in [4.69, 9.17) is 0 Å². The van der Waals surface area contributed by atoms with Crippen LogP contribution in [0.1, 0.15) is 24.5 Å². The van der Waals surface area contributed by atoms with Gasteiger partial charge in [0.15, 0.2) is 5.82 Å². The standard InChI is InChI=1S/C22H24FN7OS/c1-3-28(4-2)10-11-29-15-17(14-24-29)25-22(31)20-26-21(19-9-6-12-32-19)30(27-20)18-8-5-7-16(23)13-18/h5-9,12-15H,3-4,10-11H2,1-2H3,(H,25,31). The summed E-state index contributed by atoms with van der Waals surface area (Å²) in [5.74, 6) is -0.376. The Morgan fingerprint density at radius 1 is 1.22 bits per heavy atom. The zero-order valence-corrected chi connectivity index (χ0v) is 18.7. The van der Waals surface area contributed by atoms with Crippen LogP contribution in [0.25, 0.3) is 16.4 Å². The van der Waals surface area contributed by atoms with Crippen LogP contribution in [0.2, 0.25) is 0 Å². The molecule has 8 nitrogen and oxygen atoms in total. The van der Waals surface area contributed by atoms with Crippen molar-refractivity contribution in [3.63, 3.8) is 0 Å². The molecule has 0 spiro atoms. The average molecular weight is 454 g/mol. The molecular formula is C22H24FN7OS. The Kier molecular flexibility index (Phi) is 6.72. The zero-order valence-electron chi connectivity index (χ0n) is 17.9. The van der Waals surface area contributed by atoms with Crippen LogP contribution in [0.4, 0.5) is 10.1 Å². The van der Waals surface area contributed by atoms with Crippen molar-refractivity contribution in [2.24, 2.45) is 0 Å². The van der Waals surface area contributed by atoms with Gasteiger partial charge in [-0.1, -0.05) is 26.0 Å². The van der Waals surface area contributed by atoms with Gasteiger partial charge in [0.2, 0.25) is 5.82 Å². The normalized spacial score (nSPS) is 11.2. The van der Waals surface area contributed by atoms with Crippen LogP contribution >= 0.6 is 11.3 Å². The van der Waals surface area contributed by atoms with Gasteiger partial charge < -0.3 is 10.2 Å². The molecule has 0 unspecified atom stereocenters. The largest absolute Gasteiger partial charge is 0.316 e. The number of hydrogen-bond donors (Lipinski definition) is 1. The van der Waals surface area contributed by atoms with E-state index in [9.17, 15) is 9.18 Å². The molecule has 4 rings (SSSR count). The minimum atomic E-state index is -0.457. The molecular weight excluding hydrogens is 429 g/mol. The summed E-state index contributed by atoms with van der Waals surface area (Å²) in [6, 6.07) is 9.79. The molecule has 32 heavy (non-hydrogen) atoms. The van der Waals surface area contributed by atoms with Crippen molar-refractivity contribution in [1.29, 1.82) is 0 Å². The fourth-order valence-electron chi connectivity index (χ4n) is 3.28. The van der Waals surface area contributed by atoms with Crippen LogP contribution in [0.5, 0.6) is 0 Å². The van der Waals surface area contributed by atoms with Gasteiger partial charge in [-0.05, 0) is 42.7 Å². The average Bonchev–Trinajstić information content (AvgIpc) is 3.55. The minimum Gasteiger partial charge on any atom is -0.316 e. The number of rotatable bonds is 9. The van der Waals surface area contributed by atoms with Crippen molar-refractivity contribution in [2.75, 3.05) is 25.0 Å². The van der Waals surface area contributed by atoms with Crippen LogP contribution in [-0.2, 0) is 6.54 Å². The molecule has 1 N–H and O–H groups in total. The lowest BCUT2D eigenvalue weighted by molar-refractivity contribution is 0.101. The number of amides is 1. The molecule has 0 aliphatic heterocycles. The van der Waals surface area contributed by atoms with Gasteiger partial charge in [0.1, 0.15) is 5.82 Å². The highest BCUT2D eigenvalue weighted by Gasteiger charge is 2.20. The third-order valence-electron chi connectivity index (χ3n) is 5.04. The molecule has 0 saturated carbocycles. The second-order valence-electron chi connectivity index (χ2n) is 7.10. The molecule has 1 amide bonds. The van der Waals surface area contributed by atoms with E-state index in [1.807, 2.05) is 17.5 Å². The molecule has 0 aliphatic carbocycles. The topological polar surface area (TPSA) is 80.9 Å². The Morgan fingerprint density at radius 3 is 2.78 bits per heavy atom. The molecule has 0 bridgehead atoms. The number of carbonyl (C=O) groups is 1. The summed E-state index contributed by atoms with van der Waals surface area (Å²) < 4.78 is 17.1. The Labute approximate surface area is 189 Å². The third kappa shape index (κ3) is 4.92. The maximum Gasteiger partial charge on any atom is 0.295 e. The molecule has 10 heteroatoms. The van der Waals surface area contributed by atoms with Crippen molar-refractivity contribution in [2.45, 2.75) is 20.4 Å². The quantitative estimate of drug-likeness (QED) is 0.415. The SMILES string of the molecule is CCN(CC)CCn1cc(NC(=O)c2nc(-c3cccs3)n(-c3cccc(F)c3)n2)cn1. The second-order valence-corrected chi connectivity index (χ2v) is 8.05. The first kappa shape index (κ1) is 21.8. The Morgan fingerprint density at radius 2 is 2.06 bits per heavy atom. The lowest BCUT2D eigenvalue weighted by atomic mass is 10.3. The molecule has 166 valence electrons. The van der Waals surface area contributed by atoms with Crippen LogP contribution in [0.3, 0.4) is 0 Å². The molecule has 0 fully saturated rings. The number of anilines is 1. The Bertz CT molecular complexity index is 1180. The molecule has 4 aromatic rings. The van der Waals surface area contributed by atoms with Crippen LogP contribution in [0, 0.1) is 5.82 Å². The van der Waals surface area contributed by atoms with E-state index in [0.717, 1.165) is 31.1 Å². The smallest absolute Gasteiger partial charge is 0.295 e. The fourth-order valence-corrected chi connectivity index (χ4v) is 3.98. The predicted octanol–water partition coefficient (Wildman–Crippen LogP) is 3.93. The number of likely N-dealkylation sites (N-methyl/N-ethyl adjacent to an activating group) is 1. The van der Waals surface area contributed by atoms with Crippen LogP contribution in [-0.4, -0.2) is 55.0 Å². The maximum absolute atomic E-state index is 13.8. The highest BCUT2D eigenvalue weighted by atomic mass is 32.1. The van der Waals surface area contributed by atoms with Gasteiger partial charge in [-0.15, -0.1) is 16.4 Å². The highest BCUT2D eigenvalue weighted by Crippen LogP contribution is 2.26. The summed E-state index contributed by atoms with van der Waals surface area (Å²) in [4.78, 5) is 20.4. The van der Waals surface area contributed by atoms with Crippen LogP contribution < -0.4 is 5.32 Å². The fraction of sp³-hybridized carbons (Fsp3) is 0.273. The van der Waals surface area contributed by atoms with Gasteiger partial charge in [0, 0.05) is 12.7 Å². The van der Waals surface area contributed by atoms with Gasteiger partial charge in [-0.3, -0.25) is 9.48 Å². The lowest BCUT2D eigenvalue weighted by Crippen LogP contribution is -2.27. The Hall–Kier alpha value is -3.37. The lowest BCUT2D eigenvalue weighted by Gasteiger charge is -2.17. The summed E-state index contributed by atoms with van der Waals surface area (Å²) in [5, 5.41) is 13.4. The predicted molar refractivity (Wildman–Crippen MR) is 123 cm³/mol. The first-order chi connectivity index (χ1) is 15.6. The van der Waals surface area contributed by atoms with E-state index in [0.29, 0.717) is 17.2 Å². The number of nitrogens with one attached hydrogen (secondary N) is 1. The van der Waals surface area contributed by atoms with Gasteiger partial charge in [-0.2, -0.15) is 5.10 Å². The van der Waals surface area contributed by atoms with Gasteiger partial charge in [0.05, 0.1) is 29.0 Å². The first-order valence-corrected chi connectivity index (χ1v) is 11.3. The number of nitrogens with zero attached hydrogens (tertiary/aromatic N) is 6. The van der Waals surface area contributed by atoms with Crippen molar-refractivity contribution in [1.82, 2.24) is 29.4 Å². The summed E-state index contributed by atoms with van der Waals surface area (Å²) in [6.07, 6.45) is 3.38. The number of aromatic nitrogens is 5. The molecule has 3 heterocycles. The van der Waals surface area contributed by atoms with E-state index < -0.39 is 11.7 Å². The number of carbonyl (C=O) groups excluding carboxylic acids is 1. The first-order valence-electron chi connectivity index (χ1n) is 10.4. The van der Waals surface area contributed by atoms with Crippen LogP contribution in [0.15, 0.2) is 54.2 Å². The summed E-state index contributed by atoms with van der Waals surface area (Å²) in [5.41, 5.74) is 1.05. The molecule has 0 saturated heterocycles.